The summed E-state index contributed by atoms with van der Waals surface area (Å²) in [4.78, 5) is 10.3. The Morgan fingerprint density at radius 3 is 2.41 bits per heavy atom. The van der Waals surface area contributed by atoms with Crippen molar-refractivity contribution in [1.82, 2.24) is 0 Å². The Hall–Kier alpha value is -2.04. The molecule has 0 N–H and O–H groups in total. The fourth-order valence-electron chi connectivity index (χ4n) is 1.92. The number of ether oxygens (including phenoxy) is 2. The van der Waals surface area contributed by atoms with Crippen LogP contribution in [-0.4, -0.2) is 18.8 Å². The SMILES string of the molecule is COP(=O)(Cl)OCOc1cc(Oc2ccc(C(F)(F)F)cc2Cl)ccc1[N+](=O)[O-]. The van der Waals surface area contributed by atoms with E-state index in [0.717, 1.165) is 31.4 Å². The van der Waals surface area contributed by atoms with Gasteiger partial charge in [-0.3, -0.25) is 14.6 Å². The van der Waals surface area contributed by atoms with Crippen LogP contribution in [0.25, 0.3) is 0 Å². The van der Waals surface area contributed by atoms with Gasteiger partial charge >= 0.3 is 18.8 Å². The fraction of sp³-hybridized carbons (Fsp3) is 0.200. The average Bonchev–Trinajstić information content (AvgIpc) is 2.62. The Kier molecular flexibility index (Phi) is 7.36. The summed E-state index contributed by atoms with van der Waals surface area (Å²) in [5.74, 6) is -0.503. The monoisotopic (exact) mass is 475 g/mol. The van der Waals surface area contributed by atoms with Crippen molar-refractivity contribution >= 4 is 35.5 Å². The standard InChI is InChI=1S/C15H11Cl2F3NO7P/c1-25-29(17,24)27-8-26-14-7-10(3-4-12(14)21(22)23)28-13-5-2-9(6-11(13)16)15(18,19)20/h2-7H,8H2,1H3. The van der Waals surface area contributed by atoms with Gasteiger partial charge in [-0.2, -0.15) is 13.2 Å². The van der Waals surface area contributed by atoms with E-state index in [4.69, 9.17) is 32.3 Å². The van der Waals surface area contributed by atoms with Crippen LogP contribution in [-0.2, 0) is 19.8 Å². The molecule has 0 aliphatic heterocycles. The maximum absolute atomic E-state index is 12.7. The summed E-state index contributed by atoms with van der Waals surface area (Å²) < 4.78 is 68.9. The molecular formula is C15H11Cl2F3NO7P. The van der Waals surface area contributed by atoms with E-state index in [-0.39, 0.29) is 22.3 Å². The van der Waals surface area contributed by atoms with E-state index < -0.39 is 36.1 Å². The second kappa shape index (κ2) is 9.19. The van der Waals surface area contributed by atoms with Crippen LogP contribution in [0.3, 0.4) is 0 Å². The van der Waals surface area contributed by atoms with Gasteiger partial charge in [0.05, 0.1) is 15.5 Å². The quantitative estimate of drug-likeness (QED) is 0.188. The molecule has 0 amide bonds. The van der Waals surface area contributed by atoms with Crippen molar-refractivity contribution in [3.8, 4) is 17.2 Å². The van der Waals surface area contributed by atoms with Gasteiger partial charge in [-0.05, 0) is 24.3 Å². The molecule has 2 rings (SSSR count). The Morgan fingerprint density at radius 2 is 1.86 bits per heavy atom. The third-order valence-corrected chi connectivity index (χ3v) is 5.11. The zero-order chi connectivity index (χ0) is 21.8. The van der Waals surface area contributed by atoms with Gasteiger partial charge in [0.1, 0.15) is 11.5 Å². The van der Waals surface area contributed by atoms with E-state index in [1.54, 1.807) is 0 Å². The highest BCUT2D eigenvalue weighted by molar-refractivity contribution is 7.81. The molecule has 14 heteroatoms. The van der Waals surface area contributed by atoms with Crippen molar-refractivity contribution in [2.24, 2.45) is 0 Å². The lowest BCUT2D eigenvalue weighted by Crippen LogP contribution is -2.04. The van der Waals surface area contributed by atoms with Crippen molar-refractivity contribution in [2.45, 2.75) is 6.18 Å². The van der Waals surface area contributed by atoms with Gasteiger partial charge in [-0.15, -0.1) is 0 Å². The Balaban J connectivity index is 2.24. The van der Waals surface area contributed by atoms with Crippen LogP contribution in [0.2, 0.25) is 5.02 Å². The third kappa shape index (κ3) is 6.48. The number of alkyl halides is 3. The van der Waals surface area contributed by atoms with Gasteiger partial charge in [-0.1, -0.05) is 11.6 Å². The third-order valence-electron chi connectivity index (χ3n) is 3.25. The minimum Gasteiger partial charge on any atom is -0.460 e. The van der Waals surface area contributed by atoms with Gasteiger partial charge in [0.25, 0.3) is 0 Å². The molecule has 0 aromatic heterocycles. The number of nitro groups is 1. The average molecular weight is 476 g/mol. The second-order valence-corrected chi connectivity index (χ2v) is 8.27. The summed E-state index contributed by atoms with van der Waals surface area (Å²) in [7, 11) is 1.03. The van der Waals surface area contributed by atoms with Crippen molar-refractivity contribution in [2.75, 3.05) is 13.9 Å². The number of benzene rings is 2. The number of rotatable bonds is 8. The van der Waals surface area contributed by atoms with E-state index >= 15 is 0 Å². The van der Waals surface area contributed by atoms with Crippen LogP contribution in [0, 0.1) is 10.1 Å². The van der Waals surface area contributed by atoms with Gasteiger partial charge in [0, 0.05) is 30.5 Å². The second-order valence-electron chi connectivity index (χ2n) is 5.14. The predicted molar refractivity (Wildman–Crippen MR) is 96.7 cm³/mol. The van der Waals surface area contributed by atoms with Crippen molar-refractivity contribution < 1.29 is 41.2 Å². The first kappa shape index (κ1) is 23.2. The van der Waals surface area contributed by atoms with Crippen LogP contribution in [0.4, 0.5) is 18.9 Å². The predicted octanol–water partition coefficient (Wildman–Crippen LogP) is 6.41. The molecular weight excluding hydrogens is 465 g/mol. The number of hydrogen-bond donors (Lipinski definition) is 0. The number of halogens is 5. The molecule has 0 aliphatic rings. The zero-order valence-corrected chi connectivity index (χ0v) is 16.7. The lowest BCUT2D eigenvalue weighted by molar-refractivity contribution is -0.386. The highest BCUT2D eigenvalue weighted by Crippen LogP contribution is 2.52. The fourth-order valence-corrected chi connectivity index (χ4v) is 2.54. The summed E-state index contributed by atoms with van der Waals surface area (Å²) in [6.07, 6.45) is -4.58. The van der Waals surface area contributed by atoms with Gasteiger partial charge in [-0.25, -0.2) is 4.57 Å². The largest absolute Gasteiger partial charge is 0.460 e. The molecule has 158 valence electrons. The molecule has 1 atom stereocenters. The van der Waals surface area contributed by atoms with Crippen molar-refractivity contribution in [3.05, 3.63) is 57.1 Å². The topological polar surface area (TPSA) is 97.1 Å². The van der Waals surface area contributed by atoms with Gasteiger partial charge in [0.15, 0.2) is 6.79 Å². The van der Waals surface area contributed by atoms with Crippen molar-refractivity contribution in [1.29, 1.82) is 0 Å². The number of nitrogens with zero attached hydrogens (tertiary/aromatic N) is 1. The first-order chi connectivity index (χ1) is 13.4. The summed E-state index contributed by atoms with van der Waals surface area (Å²) in [5.41, 5.74) is -1.45. The molecule has 0 saturated carbocycles. The minimum atomic E-state index is -4.58. The normalized spacial score (nSPS) is 13.6. The Labute approximate surface area is 171 Å². The number of nitro benzene ring substituents is 1. The molecule has 0 bridgehead atoms. The molecule has 0 aliphatic carbocycles. The molecule has 1 unspecified atom stereocenters. The van der Waals surface area contributed by atoms with Crippen molar-refractivity contribution in [3.63, 3.8) is 0 Å². The van der Waals surface area contributed by atoms with Crippen LogP contribution in [0.5, 0.6) is 17.2 Å². The molecule has 0 saturated heterocycles. The number of hydrogen-bond acceptors (Lipinski definition) is 7. The molecule has 0 heterocycles. The summed E-state index contributed by atoms with van der Waals surface area (Å²) in [5, 5.41) is 10.8. The van der Waals surface area contributed by atoms with Gasteiger partial charge in [0.2, 0.25) is 5.75 Å². The Bertz CT molecular complexity index is 958. The molecule has 2 aromatic rings. The first-order valence-electron chi connectivity index (χ1n) is 7.39. The molecule has 0 radical (unpaired) electrons. The molecule has 0 spiro atoms. The lowest BCUT2D eigenvalue weighted by Gasteiger charge is -2.13. The Morgan fingerprint density at radius 1 is 1.17 bits per heavy atom. The minimum absolute atomic E-state index is 0.0342. The summed E-state index contributed by atoms with van der Waals surface area (Å²) in [6.45, 7) is -4.65. The molecule has 8 nitrogen and oxygen atoms in total. The van der Waals surface area contributed by atoms with E-state index in [1.807, 2.05) is 0 Å². The van der Waals surface area contributed by atoms with Crippen LogP contribution in [0.15, 0.2) is 36.4 Å². The highest BCUT2D eigenvalue weighted by Gasteiger charge is 2.31. The maximum Gasteiger partial charge on any atom is 0.426 e. The van der Waals surface area contributed by atoms with Crippen LogP contribution >= 0.6 is 29.8 Å². The molecule has 0 fully saturated rings. The van der Waals surface area contributed by atoms with Crippen LogP contribution < -0.4 is 9.47 Å². The highest BCUT2D eigenvalue weighted by atomic mass is 35.7. The smallest absolute Gasteiger partial charge is 0.426 e. The van der Waals surface area contributed by atoms with Gasteiger partial charge < -0.3 is 14.0 Å². The molecule has 29 heavy (non-hydrogen) atoms. The first-order valence-corrected chi connectivity index (χ1v) is 10.2. The van der Waals surface area contributed by atoms with E-state index in [2.05, 4.69) is 9.05 Å². The van der Waals surface area contributed by atoms with Crippen LogP contribution in [0.1, 0.15) is 5.56 Å². The molecule has 2 aromatic carbocycles. The summed E-state index contributed by atoms with van der Waals surface area (Å²) in [6, 6.07) is 5.72. The van der Waals surface area contributed by atoms with E-state index in [1.165, 1.54) is 6.07 Å². The van der Waals surface area contributed by atoms with E-state index in [0.29, 0.717) is 6.07 Å². The van der Waals surface area contributed by atoms with E-state index in [9.17, 15) is 27.9 Å². The summed E-state index contributed by atoms with van der Waals surface area (Å²) >= 11 is 11.2. The zero-order valence-electron chi connectivity index (χ0n) is 14.3. The lowest BCUT2D eigenvalue weighted by atomic mass is 10.2. The maximum atomic E-state index is 12.7.